The summed E-state index contributed by atoms with van der Waals surface area (Å²) >= 11 is 7.76. The third-order valence-corrected chi connectivity index (χ3v) is 3.92. The Balaban J connectivity index is 2.28. The van der Waals surface area contributed by atoms with Gasteiger partial charge in [0.05, 0.1) is 5.56 Å². The Morgan fingerprint density at radius 3 is 3.06 bits per heavy atom. The molecule has 1 saturated heterocycles. The molecular formula is C11H13ClN2O2S. The van der Waals surface area contributed by atoms with Crippen molar-refractivity contribution in [3.63, 3.8) is 0 Å². The molecule has 0 bridgehead atoms. The first-order valence-corrected chi connectivity index (χ1v) is 6.76. The zero-order chi connectivity index (χ0) is 12.4. The van der Waals surface area contributed by atoms with Gasteiger partial charge < -0.3 is 10.0 Å². The molecule has 1 aliphatic rings. The van der Waals surface area contributed by atoms with E-state index in [4.69, 9.17) is 16.7 Å². The molecule has 2 rings (SSSR count). The van der Waals surface area contributed by atoms with Gasteiger partial charge in [-0.3, -0.25) is 0 Å². The van der Waals surface area contributed by atoms with Crippen molar-refractivity contribution in [1.29, 1.82) is 0 Å². The van der Waals surface area contributed by atoms with Crippen LogP contribution in [0.3, 0.4) is 0 Å². The molecule has 0 saturated carbocycles. The number of rotatable bonds is 2. The molecule has 1 atom stereocenters. The first-order valence-electron chi connectivity index (χ1n) is 5.33. The number of carboxylic acids is 1. The lowest BCUT2D eigenvalue weighted by Crippen LogP contribution is -2.37. The van der Waals surface area contributed by atoms with E-state index in [1.807, 2.05) is 11.8 Å². The highest BCUT2D eigenvalue weighted by Crippen LogP contribution is 2.24. The Bertz CT molecular complexity index is 441. The molecule has 6 heteroatoms. The highest BCUT2D eigenvalue weighted by molar-refractivity contribution is 8.00. The van der Waals surface area contributed by atoms with Gasteiger partial charge in [0.2, 0.25) is 0 Å². The molecule has 92 valence electrons. The van der Waals surface area contributed by atoms with Crippen LogP contribution in [0.25, 0.3) is 0 Å². The number of hydrogen-bond donors (Lipinski definition) is 1. The predicted octanol–water partition coefficient (Wildman–Crippen LogP) is 2.37. The number of carboxylic acid groups (broad SMARTS) is 1. The molecule has 0 spiro atoms. The van der Waals surface area contributed by atoms with Crippen LogP contribution in [-0.2, 0) is 0 Å². The fourth-order valence-corrected chi connectivity index (χ4v) is 3.01. The fraction of sp³-hybridized carbons (Fsp3) is 0.455. The molecule has 17 heavy (non-hydrogen) atoms. The maximum absolute atomic E-state index is 10.9. The lowest BCUT2D eigenvalue weighted by Gasteiger charge is -2.31. The van der Waals surface area contributed by atoms with Gasteiger partial charge >= 0.3 is 5.97 Å². The summed E-state index contributed by atoms with van der Waals surface area (Å²) in [5.74, 6) is 0.703. The van der Waals surface area contributed by atoms with Crippen LogP contribution in [0.4, 0.5) is 5.82 Å². The number of nitrogens with zero attached hydrogens (tertiary/aromatic N) is 2. The number of anilines is 1. The van der Waals surface area contributed by atoms with Crippen LogP contribution in [-0.4, -0.2) is 40.2 Å². The first kappa shape index (κ1) is 12.5. The van der Waals surface area contributed by atoms with E-state index in [2.05, 4.69) is 16.8 Å². The number of hydrogen-bond acceptors (Lipinski definition) is 4. The molecule has 0 radical (unpaired) electrons. The van der Waals surface area contributed by atoms with Crippen LogP contribution in [0.5, 0.6) is 0 Å². The number of pyridine rings is 1. The Morgan fingerprint density at radius 1 is 1.65 bits per heavy atom. The van der Waals surface area contributed by atoms with Gasteiger partial charge in [-0.15, -0.1) is 0 Å². The van der Waals surface area contributed by atoms with E-state index >= 15 is 0 Å². The maximum Gasteiger partial charge on any atom is 0.335 e. The van der Waals surface area contributed by atoms with Gasteiger partial charge in [-0.05, 0) is 12.1 Å². The van der Waals surface area contributed by atoms with E-state index in [-0.39, 0.29) is 10.7 Å². The molecule has 1 aromatic heterocycles. The topological polar surface area (TPSA) is 53.4 Å². The molecular weight excluding hydrogens is 260 g/mol. The van der Waals surface area contributed by atoms with Crippen molar-refractivity contribution >= 4 is 35.1 Å². The zero-order valence-corrected chi connectivity index (χ0v) is 11.0. The van der Waals surface area contributed by atoms with Crippen molar-refractivity contribution in [2.24, 2.45) is 0 Å². The van der Waals surface area contributed by atoms with Crippen LogP contribution in [0.2, 0.25) is 5.15 Å². The van der Waals surface area contributed by atoms with Crippen LogP contribution < -0.4 is 4.90 Å². The maximum atomic E-state index is 10.9. The smallest absolute Gasteiger partial charge is 0.335 e. The van der Waals surface area contributed by atoms with Crippen molar-refractivity contribution in [2.75, 3.05) is 23.7 Å². The Morgan fingerprint density at radius 2 is 2.41 bits per heavy atom. The minimum Gasteiger partial charge on any atom is -0.478 e. The number of aromatic carboxylic acids is 1. The fourth-order valence-electron chi connectivity index (χ4n) is 1.80. The summed E-state index contributed by atoms with van der Waals surface area (Å²) < 4.78 is 0. The van der Waals surface area contributed by atoms with Gasteiger partial charge in [0.25, 0.3) is 0 Å². The quantitative estimate of drug-likeness (QED) is 0.838. The molecule has 1 fully saturated rings. The van der Waals surface area contributed by atoms with Gasteiger partial charge in [-0.2, -0.15) is 11.8 Å². The summed E-state index contributed by atoms with van der Waals surface area (Å²) in [5, 5.41) is 9.73. The van der Waals surface area contributed by atoms with E-state index in [0.29, 0.717) is 11.1 Å². The molecule has 1 unspecified atom stereocenters. The Labute approximate surface area is 109 Å². The molecule has 4 nitrogen and oxygen atoms in total. The normalized spacial score (nSPS) is 20.4. The highest BCUT2D eigenvalue weighted by Gasteiger charge is 2.19. The summed E-state index contributed by atoms with van der Waals surface area (Å²) in [5.41, 5.74) is 0.186. The third kappa shape index (κ3) is 3.04. The second-order valence-corrected chi connectivity index (χ2v) is 5.90. The monoisotopic (exact) mass is 272 g/mol. The molecule has 1 aliphatic heterocycles. The number of thioether (sulfide) groups is 1. The number of carbonyl (C=O) groups is 1. The highest BCUT2D eigenvalue weighted by atomic mass is 35.5. The van der Waals surface area contributed by atoms with Crippen molar-refractivity contribution in [1.82, 2.24) is 4.98 Å². The molecule has 0 aliphatic carbocycles. The molecule has 2 heterocycles. The number of aromatic nitrogens is 1. The lowest BCUT2D eigenvalue weighted by atomic mass is 10.2. The molecule has 0 amide bonds. The Hall–Kier alpha value is -0.940. The third-order valence-electron chi connectivity index (χ3n) is 2.59. The van der Waals surface area contributed by atoms with Crippen molar-refractivity contribution in [2.45, 2.75) is 12.2 Å². The summed E-state index contributed by atoms with van der Waals surface area (Å²) in [7, 11) is 0. The zero-order valence-electron chi connectivity index (χ0n) is 9.39. The van der Waals surface area contributed by atoms with E-state index in [1.165, 1.54) is 6.07 Å². The standard InChI is InChI=1S/C11H13ClN2O2S/c1-7-6-14(2-3-17-7)10-5-8(11(15)16)4-9(12)13-10/h4-5,7H,2-3,6H2,1H3,(H,15,16). The van der Waals surface area contributed by atoms with Gasteiger partial charge in [0.1, 0.15) is 11.0 Å². The van der Waals surface area contributed by atoms with Crippen LogP contribution in [0, 0.1) is 0 Å². The second kappa shape index (κ2) is 5.14. The molecule has 1 N–H and O–H groups in total. The average molecular weight is 273 g/mol. The van der Waals surface area contributed by atoms with Crippen molar-refractivity contribution < 1.29 is 9.90 Å². The predicted molar refractivity (Wildman–Crippen MR) is 70.3 cm³/mol. The minimum absolute atomic E-state index is 0.186. The SMILES string of the molecule is CC1CN(c2cc(C(=O)O)cc(Cl)n2)CCS1. The molecule has 1 aromatic rings. The van der Waals surface area contributed by atoms with Crippen LogP contribution in [0.15, 0.2) is 12.1 Å². The second-order valence-electron chi connectivity index (χ2n) is 3.97. The van der Waals surface area contributed by atoms with Gasteiger partial charge in [0, 0.05) is 24.1 Å². The van der Waals surface area contributed by atoms with E-state index < -0.39 is 5.97 Å². The summed E-state index contributed by atoms with van der Waals surface area (Å²) in [6, 6.07) is 2.95. The minimum atomic E-state index is -0.977. The summed E-state index contributed by atoms with van der Waals surface area (Å²) in [6.07, 6.45) is 0. The van der Waals surface area contributed by atoms with E-state index in [0.717, 1.165) is 18.8 Å². The Kier molecular flexibility index (Phi) is 3.79. The van der Waals surface area contributed by atoms with Crippen molar-refractivity contribution in [3.05, 3.63) is 22.8 Å². The average Bonchev–Trinajstić information content (AvgIpc) is 2.28. The summed E-state index contributed by atoms with van der Waals surface area (Å²) in [4.78, 5) is 17.2. The largest absolute Gasteiger partial charge is 0.478 e. The lowest BCUT2D eigenvalue weighted by molar-refractivity contribution is 0.0697. The van der Waals surface area contributed by atoms with Crippen molar-refractivity contribution in [3.8, 4) is 0 Å². The van der Waals surface area contributed by atoms with E-state index in [9.17, 15) is 4.79 Å². The van der Waals surface area contributed by atoms with Crippen LogP contribution >= 0.6 is 23.4 Å². The summed E-state index contributed by atoms with van der Waals surface area (Å²) in [6.45, 7) is 3.90. The van der Waals surface area contributed by atoms with Gasteiger partial charge in [-0.25, -0.2) is 9.78 Å². The number of halogens is 1. The molecule has 0 aromatic carbocycles. The van der Waals surface area contributed by atoms with E-state index in [1.54, 1.807) is 6.07 Å². The first-order chi connectivity index (χ1) is 8.06. The van der Waals surface area contributed by atoms with Crippen LogP contribution in [0.1, 0.15) is 17.3 Å². The van der Waals surface area contributed by atoms with Gasteiger partial charge in [-0.1, -0.05) is 18.5 Å². The van der Waals surface area contributed by atoms with Gasteiger partial charge in [0.15, 0.2) is 0 Å².